The highest BCUT2D eigenvalue weighted by atomic mass is 16.1. The van der Waals surface area contributed by atoms with Gasteiger partial charge in [-0.05, 0) is 37.7 Å². The van der Waals surface area contributed by atoms with Crippen LogP contribution in [0.4, 0.5) is 5.82 Å². The number of aromatic amines is 1. The maximum atomic E-state index is 12.6. The number of anilines is 1. The molecule has 0 bridgehead atoms. The topological polar surface area (TPSA) is 86.8 Å². The van der Waals surface area contributed by atoms with Crippen LogP contribution in [0.25, 0.3) is 21.8 Å². The Labute approximate surface area is 151 Å². The summed E-state index contributed by atoms with van der Waals surface area (Å²) in [7, 11) is 0. The maximum absolute atomic E-state index is 12.6. The molecular weight excluding hydrogens is 328 g/mol. The zero-order valence-electron chi connectivity index (χ0n) is 14.6. The van der Waals surface area contributed by atoms with Crippen LogP contribution in [0.5, 0.6) is 0 Å². The second kappa shape index (κ2) is 6.23. The van der Waals surface area contributed by atoms with Crippen molar-refractivity contribution in [2.24, 2.45) is 11.8 Å². The predicted octanol–water partition coefficient (Wildman–Crippen LogP) is 2.25. The molecule has 2 fully saturated rings. The van der Waals surface area contributed by atoms with Crippen molar-refractivity contribution >= 4 is 33.5 Å². The third kappa shape index (κ3) is 2.77. The number of amides is 1. The fourth-order valence-electron chi connectivity index (χ4n) is 3.89. The first-order valence-corrected chi connectivity index (χ1v) is 9.39. The molecular formula is C19H22N6O. The largest absolute Gasteiger partial charge is 0.356 e. The number of rotatable bonds is 4. The lowest BCUT2D eigenvalue weighted by atomic mass is 9.96. The van der Waals surface area contributed by atoms with Gasteiger partial charge in [-0.25, -0.2) is 9.97 Å². The molecule has 1 unspecified atom stereocenters. The second-order valence-corrected chi connectivity index (χ2v) is 7.46. The molecule has 7 heteroatoms. The van der Waals surface area contributed by atoms with Gasteiger partial charge in [0.05, 0.1) is 12.1 Å². The van der Waals surface area contributed by atoms with E-state index >= 15 is 0 Å². The summed E-state index contributed by atoms with van der Waals surface area (Å²) in [6.07, 6.45) is 9.85. The summed E-state index contributed by atoms with van der Waals surface area (Å²) in [6, 6.07) is 1.99. The molecule has 1 aliphatic carbocycles. The highest BCUT2D eigenvalue weighted by Crippen LogP contribution is 2.32. The zero-order valence-corrected chi connectivity index (χ0v) is 14.6. The minimum absolute atomic E-state index is 0.0290. The van der Waals surface area contributed by atoms with Gasteiger partial charge in [0, 0.05) is 48.2 Å². The van der Waals surface area contributed by atoms with Crippen molar-refractivity contribution in [3.63, 3.8) is 0 Å². The average Bonchev–Trinajstić information content (AvgIpc) is 3.39. The number of piperidine rings is 1. The number of nitrogens with one attached hydrogen (secondary N) is 2. The lowest BCUT2D eigenvalue weighted by molar-refractivity contribution is -0.125. The monoisotopic (exact) mass is 350 g/mol. The Bertz CT molecular complexity index is 963. The first-order valence-electron chi connectivity index (χ1n) is 9.39. The van der Waals surface area contributed by atoms with Gasteiger partial charge >= 0.3 is 0 Å². The van der Waals surface area contributed by atoms with E-state index in [0.29, 0.717) is 12.5 Å². The number of fused-ring (bicyclic) bond motifs is 3. The van der Waals surface area contributed by atoms with Gasteiger partial charge < -0.3 is 10.2 Å². The summed E-state index contributed by atoms with van der Waals surface area (Å²) in [5, 5.41) is 13.7. The Morgan fingerprint density at radius 3 is 3.08 bits per heavy atom. The van der Waals surface area contributed by atoms with Crippen molar-refractivity contribution in [3.8, 4) is 0 Å². The number of hydrogen-bond donors (Lipinski definition) is 2. The van der Waals surface area contributed by atoms with Crippen LogP contribution in [0.3, 0.4) is 0 Å². The summed E-state index contributed by atoms with van der Waals surface area (Å²) in [5.41, 5.74) is 0.745. The van der Waals surface area contributed by atoms with E-state index in [0.717, 1.165) is 53.6 Å². The molecule has 2 aliphatic rings. The Morgan fingerprint density at radius 1 is 1.27 bits per heavy atom. The van der Waals surface area contributed by atoms with E-state index < -0.39 is 0 Å². The van der Waals surface area contributed by atoms with Gasteiger partial charge in [0.15, 0.2) is 5.65 Å². The van der Waals surface area contributed by atoms with Crippen LogP contribution in [0.1, 0.15) is 25.7 Å². The molecule has 2 N–H and O–H groups in total. The Kier molecular flexibility index (Phi) is 3.72. The molecule has 1 saturated heterocycles. The third-order valence-corrected chi connectivity index (χ3v) is 5.54. The van der Waals surface area contributed by atoms with E-state index in [9.17, 15) is 4.79 Å². The highest BCUT2D eigenvalue weighted by Gasteiger charge is 2.29. The van der Waals surface area contributed by atoms with Crippen molar-refractivity contribution in [1.29, 1.82) is 0 Å². The molecule has 7 nitrogen and oxygen atoms in total. The molecule has 3 aromatic heterocycles. The van der Waals surface area contributed by atoms with Gasteiger partial charge in [0.1, 0.15) is 5.82 Å². The van der Waals surface area contributed by atoms with Crippen LogP contribution in [-0.2, 0) is 4.79 Å². The number of hydrogen-bond acceptors (Lipinski definition) is 5. The van der Waals surface area contributed by atoms with E-state index in [1.165, 1.54) is 12.8 Å². The van der Waals surface area contributed by atoms with Crippen molar-refractivity contribution in [3.05, 3.63) is 24.7 Å². The SMILES string of the molecule is O=C(NCC1CC1)C1CCCN(c2[nH]ncc3cnc4nccc4c23)C1. The summed E-state index contributed by atoms with van der Waals surface area (Å²) in [6.45, 7) is 2.47. The van der Waals surface area contributed by atoms with E-state index in [1.807, 2.05) is 12.3 Å². The minimum atomic E-state index is 0.0290. The van der Waals surface area contributed by atoms with Crippen molar-refractivity contribution in [1.82, 2.24) is 25.5 Å². The summed E-state index contributed by atoms with van der Waals surface area (Å²) in [4.78, 5) is 23.5. The maximum Gasteiger partial charge on any atom is 0.224 e. The molecule has 1 amide bonds. The fraction of sp³-hybridized carbons (Fsp3) is 0.474. The molecule has 1 aliphatic heterocycles. The van der Waals surface area contributed by atoms with Crippen molar-refractivity contribution < 1.29 is 4.79 Å². The van der Waals surface area contributed by atoms with Gasteiger partial charge in [0.2, 0.25) is 5.91 Å². The first-order chi connectivity index (χ1) is 12.8. The Hall–Kier alpha value is -2.70. The Balaban J connectivity index is 1.45. The van der Waals surface area contributed by atoms with Crippen LogP contribution >= 0.6 is 0 Å². The first kappa shape index (κ1) is 15.5. The summed E-state index contributed by atoms with van der Waals surface area (Å²) < 4.78 is 0. The number of carbonyl (C=O) groups excluding carboxylic acids is 1. The van der Waals surface area contributed by atoms with Gasteiger partial charge in [-0.3, -0.25) is 9.89 Å². The van der Waals surface area contributed by atoms with Crippen molar-refractivity contribution in [2.45, 2.75) is 25.7 Å². The van der Waals surface area contributed by atoms with E-state index in [4.69, 9.17) is 0 Å². The van der Waals surface area contributed by atoms with Gasteiger partial charge in [-0.2, -0.15) is 5.10 Å². The Morgan fingerprint density at radius 2 is 2.19 bits per heavy atom. The fourth-order valence-corrected chi connectivity index (χ4v) is 3.89. The van der Waals surface area contributed by atoms with Crippen LogP contribution < -0.4 is 10.2 Å². The lowest BCUT2D eigenvalue weighted by Crippen LogP contribution is -2.44. The van der Waals surface area contributed by atoms with Crippen LogP contribution in [0.2, 0.25) is 0 Å². The quantitative estimate of drug-likeness (QED) is 0.754. The molecule has 1 saturated carbocycles. The number of pyridine rings is 1. The molecule has 3 aromatic rings. The summed E-state index contributed by atoms with van der Waals surface area (Å²) >= 11 is 0. The van der Waals surface area contributed by atoms with Gasteiger partial charge in [-0.1, -0.05) is 0 Å². The number of aromatic nitrogens is 4. The lowest BCUT2D eigenvalue weighted by Gasteiger charge is -2.33. The second-order valence-electron chi connectivity index (χ2n) is 7.46. The molecule has 0 spiro atoms. The highest BCUT2D eigenvalue weighted by molar-refractivity contribution is 6.10. The van der Waals surface area contributed by atoms with Gasteiger partial charge in [0.25, 0.3) is 0 Å². The molecule has 1 atom stereocenters. The van der Waals surface area contributed by atoms with Crippen LogP contribution in [-0.4, -0.2) is 45.7 Å². The molecule has 134 valence electrons. The summed E-state index contributed by atoms with van der Waals surface area (Å²) in [5.74, 6) is 1.89. The van der Waals surface area contributed by atoms with E-state index in [-0.39, 0.29) is 11.8 Å². The third-order valence-electron chi connectivity index (χ3n) is 5.54. The van der Waals surface area contributed by atoms with Crippen LogP contribution in [0.15, 0.2) is 24.7 Å². The predicted molar refractivity (Wildman–Crippen MR) is 99.9 cm³/mol. The van der Waals surface area contributed by atoms with Gasteiger partial charge in [-0.15, -0.1) is 0 Å². The number of carbonyl (C=O) groups is 1. The smallest absolute Gasteiger partial charge is 0.224 e. The van der Waals surface area contributed by atoms with Crippen molar-refractivity contribution in [2.75, 3.05) is 24.5 Å². The van der Waals surface area contributed by atoms with Crippen LogP contribution in [0, 0.1) is 11.8 Å². The molecule has 26 heavy (non-hydrogen) atoms. The number of H-pyrrole nitrogens is 1. The normalized spacial score (nSPS) is 20.6. The average molecular weight is 350 g/mol. The minimum Gasteiger partial charge on any atom is -0.356 e. The van der Waals surface area contributed by atoms with E-state index in [1.54, 1.807) is 12.4 Å². The zero-order chi connectivity index (χ0) is 17.5. The molecule has 4 heterocycles. The molecule has 0 aromatic carbocycles. The molecule has 0 radical (unpaired) electrons. The number of nitrogens with zero attached hydrogens (tertiary/aromatic N) is 4. The van der Waals surface area contributed by atoms with E-state index in [2.05, 4.69) is 30.4 Å². The molecule has 5 rings (SSSR count). The standard InChI is InChI=1S/C19H22N6O/c26-19(22-8-12-3-4-12)13-2-1-7-25(11-13)18-16-14(10-23-24-18)9-21-17-15(16)5-6-20-17/h5-6,9-10,12-13,24H,1-4,7-8,11H2,(H,22,26).